The number of likely N-dealkylation sites (N-methyl/N-ethyl adjacent to an activating group) is 1. The van der Waals surface area contributed by atoms with Gasteiger partial charge in [-0.05, 0) is 49.9 Å². The number of hydrogen-bond donors (Lipinski definition) is 2. The molecule has 1 amide bonds. The Morgan fingerprint density at radius 2 is 1.77 bits per heavy atom. The van der Waals surface area contributed by atoms with Gasteiger partial charge in [0.25, 0.3) is 5.91 Å². The number of piperazine rings is 1. The van der Waals surface area contributed by atoms with Crippen LogP contribution in [0.25, 0.3) is 0 Å². The number of carbonyl (C=O) groups excluding carboxylic acids is 1. The second-order valence-corrected chi connectivity index (χ2v) is 7.89. The summed E-state index contributed by atoms with van der Waals surface area (Å²) in [4.78, 5) is 17.3. The average molecular weight is 432 g/mol. The summed E-state index contributed by atoms with van der Waals surface area (Å²) in [7, 11) is 2.10. The van der Waals surface area contributed by atoms with E-state index in [-0.39, 0.29) is 5.69 Å². The first-order chi connectivity index (χ1) is 14.6. The molecule has 3 rings (SSSR count). The summed E-state index contributed by atoms with van der Waals surface area (Å²) in [5.74, 6) is -0.477. The van der Waals surface area contributed by atoms with E-state index in [1.807, 2.05) is 13.0 Å². The standard InChI is InChI=1S/C23H27F3N4O/c1-16(2)27-21-13-17(7-8-18(21)15-30-11-9-29(3)10-12-30)22(31)28-20-6-4-5-19(14-20)23(24,25)26/h4-8,13-14,27H,1,9-12,15H2,2-3H3,(H,28,31). The van der Waals surface area contributed by atoms with Gasteiger partial charge >= 0.3 is 6.18 Å². The van der Waals surface area contributed by atoms with E-state index in [2.05, 4.69) is 34.1 Å². The summed E-state index contributed by atoms with van der Waals surface area (Å²) < 4.78 is 38.8. The molecule has 2 aromatic carbocycles. The molecular formula is C23H27F3N4O. The highest BCUT2D eigenvalue weighted by molar-refractivity contribution is 6.05. The van der Waals surface area contributed by atoms with Gasteiger partial charge in [0.15, 0.2) is 0 Å². The minimum absolute atomic E-state index is 0.0933. The highest BCUT2D eigenvalue weighted by Crippen LogP contribution is 2.31. The lowest BCUT2D eigenvalue weighted by atomic mass is 10.1. The number of carbonyl (C=O) groups is 1. The van der Waals surface area contributed by atoms with Crippen LogP contribution in [0.15, 0.2) is 54.7 Å². The van der Waals surface area contributed by atoms with Crippen molar-refractivity contribution in [2.45, 2.75) is 19.6 Å². The first kappa shape index (κ1) is 22.8. The molecule has 8 heteroatoms. The Morgan fingerprint density at radius 3 is 2.42 bits per heavy atom. The second-order valence-electron chi connectivity index (χ2n) is 7.89. The van der Waals surface area contributed by atoms with E-state index in [1.165, 1.54) is 12.1 Å². The molecule has 0 aliphatic carbocycles. The Hall–Kier alpha value is -2.84. The van der Waals surface area contributed by atoms with E-state index in [0.29, 0.717) is 5.56 Å². The van der Waals surface area contributed by atoms with Crippen LogP contribution in [0, 0.1) is 0 Å². The van der Waals surface area contributed by atoms with E-state index in [1.54, 1.807) is 12.1 Å². The molecule has 2 N–H and O–H groups in total. The zero-order chi connectivity index (χ0) is 22.6. The van der Waals surface area contributed by atoms with E-state index >= 15 is 0 Å². The molecule has 166 valence electrons. The number of anilines is 2. The monoisotopic (exact) mass is 432 g/mol. The molecule has 0 bridgehead atoms. The Labute approximate surface area is 180 Å². The number of nitrogens with one attached hydrogen (secondary N) is 2. The number of hydrogen-bond acceptors (Lipinski definition) is 4. The zero-order valence-corrected chi connectivity index (χ0v) is 17.7. The first-order valence-corrected chi connectivity index (χ1v) is 10.1. The average Bonchev–Trinajstić information content (AvgIpc) is 2.70. The summed E-state index contributed by atoms with van der Waals surface area (Å²) in [6.07, 6.45) is -4.47. The number of benzene rings is 2. The molecule has 0 radical (unpaired) electrons. The summed E-state index contributed by atoms with van der Waals surface area (Å²) in [6, 6.07) is 9.88. The Morgan fingerprint density at radius 1 is 1.06 bits per heavy atom. The number of nitrogens with zero attached hydrogens (tertiary/aromatic N) is 2. The smallest absolute Gasteiger partial charge is 0.359 e. The second kappa shape index (κ2) is 9.53. The van der Waals surface area contributed by atoms with Crippen molar-refractivity contribution in [3.05, 3.63) is 71.4 Å². The Balaban J connectivity index is 1.78. The molecule has 31 heavy (non-hydrogen) atoms. The summed E-state index contributed by atoms with van der Waals surface area (Å²) in [5.41, 5.74) is 2.16. The minimum atomic E-state index is -4.47. The van der Waals surface area contributed by atoms with E-state index in [9.17, 15) is 18.0 Å². The van der Waals surface area contributed by atoms with Crippen LogP contribution in [0.1, 0.15) is 28.4 Å². The lowest BCUT2D eigenvalue weighted by molar-refractivity contribution is -0.137. The fraction of sp³-hybridized carbons (Fsp3) is 0.348. The molecule has 0 aromatic heterocycles. The highest BCUT2D eigenvalue weighted by atomic mass is 19.4. The van der Waals surface area contributed by atoms with Crippen LogP contribution >= 0.6 is 0 Å². The number of alkyl halides is 3. The van der Waals surface area contributed by atoms with Crippen LogP contribution in [0.2, 0.25) is 0 Å². The lowest BCUT2D eigenvalue weighted by Gasteiger charge is -2.32. The van der Waals surface area contributed by atoms with Gasteiger partial charge in [0.05, 0.1) is 5.56 Å². The van der Waals surface area contributed by atoms with Crippen LogP contribution in [0.4, 0.5) is 24.5 Å². The molecule has 1 fully saturated rings. The van der Waals surface area contributed by atoms with Gasteiger partial charge in [-0.15, -0.1) is 0 Å². The molecule has 5 nitrogen and oxygen atoms in total. The number of rotatable bonds is 6. The molecule has 1 heterocycles. The highest BCUT2D eigenvalue weighted by Gasteiger charge is 2.30. The van der Waals surface area contributed by atoms with Crippen molar-refractivity contribution >= 4 is 17.3 Å². The molecule has 0 saturated carbocycles. The topological polar surface area (TPSA) is 47.6 Å². The predicted molar refractivity (Wildman–Crippen MR) is 117 cm³/mol. The fourth-order valence-electron chi connectivity index (χ4n) is 3.43. The zero-order valence-electron chi connectivity index (χ0n) is 17.7. The SMILES string of the molecule is C=C(C)Nc1cc(C(=O)Nc2cccc(C(F)(F)F)c2)ccc1CN1CCN(C)CC1. The third kappa shape index (κ3) is 6.32. The number of amides is 1. The van der Waals surface area contributed by atoms with Crippen LogP contribution in [0.3, 0.4) is 0 Å². The van der Waals surface area contributed by atoms with Gasteiger partial charge < -0.3 is 15.5 Å². The van der Waals surface area contributed by atoms with Gasteiger partial charge in [0, 0.05) is 55.4 Å². The molecule has 0 spiro atoms. The largest absolute Gasteiger partial charge is 0.416 e. The quantitative estimate of drug-likeness (QED) is 0.698. The summed E-state index contributed by atoms with van der Waals surface area (Å²) in [5, 5.41) is 5.75. The molecule has 0 atom stereocenters. The van der Waals surface area contributed by atoms with Crippen LogP contribution in [0.5, 0.6) is 0 Å². The minimum Gasteiger partial charge on any atom is -0.359 e. The van der Waals surface area contributed by atoms with E-state index < -0.39 is 17.6 Å². The van der Waals surface area contributed by atoms with Crippen LogP contribution in [-0.2, 0) is 12.7 Å². The first-order valence-electron chi connectivity index (χ1n) is 10.1. The Kier molecular flexibility index (Phi) is 7.02. The lowest BCUT2D eigenvalue weighted by Crippen LogP contribution is -2.43. The van der Waals surface area contributed by atoms with Crippen molar-refractivity contribution in [1.82, 2.24) is 9.80 Å². The van der Waals surface area contributed by atoms with Gasteiger partial charge in [-0.3, -0.25) is 9.69 Å². The third-order valence-electron chi connectivity index (χ3n) is 5.16. The van der Waals surface area contributed by atoms with Crippen molar-refractivity contribution in [3.63, 3.8) is 0 Å². The number of allylic oxidation sites excluding steroid dienone is 1. The van der Waals surface area contributed by atoms with Gasteiger partial charge in [0.1, 0.15) is 0 Å². The Bertz CT molecular complexity index is 950. The molecule has 1 aliphatic rings. The summed E-state index contributed by atoms with van der Waals surface area (Å²) in [6.45, 7) is 10.4. The fourth-order valence-corrected chi connectivity index (χ4v) is 3.43. The van der Waals surface area contributed by atoms with Gasteiger partial charge in [0.2, 0.25) is 0 Å². The van der Waals surface area contributed by atoms with E-state index in [0.717, 1.165) is 61.8 Å². The number of halogens is 3. The van der Waals surface area contributed by atoms with Gasteiger partial charge in [-0.1, -0.05) is 18.7 Å². The maximum absolute atomic E-state index is 12.9. The van der Waals surface area contributed by atoms with Crippen molar-refractivity contribution < 1.29 is 18.0 Å². The van der Waals surface area contributed by atoms with Crippen molar-refractivity contribution in [2.75, 3.05) is 43.9 Å². The molecule has 0 unspecified atom stereocenters. The predicted octanol–water partition coefficient (Wildman–Crippen LogP) is 4.65. The molecule has 1 saturated heterocycles. The third-order valence-corrected chi connectivity index (χ3v) is 5.16. The van der Waals surface area contributed by atoms with Crippen molar-refractivity contribution in [1.29, 1.82) is 0 Å². The van der Waals surface area contributed by atoms with E-state index in [4.69, 9.17) is 0 Å². The van der Waals surface area contributed by atoms with Crippen LogP contribution in [-0.4, -0.2) is 48.9 Å². The van der Waals surface area contributed by atoms with Crippen LogP contribution < -0.4 is 10.6 Å². The maximum Gasteiger partial charge on any atom is 0.416 e. The molecule has 2 aromatic rings. The van der Waals surface area contributed by atoms with Crippen molar-refractivity contribution in [2.24, 2.45) is 0 Å². The maximum atomic E-state index is 12.9. The summed E-state index contributed by atoms with van der Waals surface area (Å²) >= 11 is 0. The molecule has 1 aliphatic heterocycles. The van der Waals surface area contributed by atoms with Gasteiger partial charge in [-0.25, -0.2) is 0 Å². The molecular weight excluding hydrogens is 405 g/mol. The van der Waals surface area contributed by atoms with Crippen molar-refractivity contribution in [3.8, 4) is 0 Å². The van der Waals surface area contributed by atoms with Gasteiger partial charge in [-0.2, -0.15) is 13.2 Å². The normalized spacial score (nSPS) is 15.5.